The minimum Gasteiger partial charge on any atom is -0.756 e. The highest BCUT2D eigenvalue weighted by molar-refractivity contribution is 7.45. The lowest BCUT2D eigenvalue weighted by Gasteiger charge is -2.30. The third-order valence-corrected chi connectivity index (χ3v) is 15.2. The van der Waals surface area contributed by atoms with Gasteiger partial charge in [-0.15, -0.1) is 0 Å². The van der Waals surface area contributed by atoms with Gasteiger partial charge in [0.1, 0.15) is 19.3 Å². The number of phosphoric acid groups is 1. The minimum absolute atomic E-state index is 0.0284. The van der Waals surface area contributed by atoms with E-state index < -0.39 is 26.6 Å². The van der Waals surface area contributed by atoms with Crippen molar-refractivity contribution in [3.8, 4) is 0 Å². The first-order valence-corrected chi connectivity index (χ1v) is 34.5. The van der Waals surface area contributed by atoms with E-state index in [9.17, 15) is 19.0 Å². The average Bonchev–Trinajstić information content (AvgIpc) is 3.42. The predicted octanol–water partition coefficient (Wildman–Crippen LogP) is 20.1. The van der Waals surface area contributed by atoms with Crippen LogP contribution in [-0.4, -0.2) is 69.4 Å². The van der Waals surface area contributed by atoms with Gasteiger partial charge in [-0.1, -0.05) is 260 Å². The summed E-state index contributed by atoms with van der Waals surface area (Å²) in [6.07, 6.45) is 79.4. The van der Waals surface area contributed by atoms with Gasteiger partial charge in [-0.05, 0) is 109 Å². The number of esters is 1. The zero-order valence-electron chi connectivity index (χ0n) is 52.8. The van der Waals surface area contributed by atoms with E-state index in [1.165, 1.54) is 128 Å². The summed E-state index contributed by atoms with van der Waals surface area (Å²) in [5.41, 5.74) is 0. The number of nitrogens with one attached hydrogen (secondary N) is 1. The number of unbranched alkanes of at least 4 members (excludes halogenated alkanes) is 29. The molecule has 0 fully saturated rings. The number of allylic oxidation sites excluding steroid dienone is 15. The van der Waals surface area contributed by atoms with Gasteiger partial charge in [-0.3, -0.25) is 14.2 Å². The predicted molar refractivity (Wildman–Crippen MR) is 344 cm³/mol. The molecule has 0 rings (SSSR count). The van der Waals surface area contributed by atoms with Crippen molar-refractivity contribution < 1.29 is 37.3 Å². The largest absolute Gasteiger partial charge is 0.756 e. The van der Waals surface area contributed by atoms with Crippen LogP contribution >= 0.6 is 7.82 Å². The standard InChI is InChI=1S/C70H125N2O7P/c1-7-10-13-16-19-22-25-28-30-31-32-33-34-35-36-37-38-39-40-41-43-44-47-50-53-56-59-62-69(73)71-67(66-78-80(75,76)77-65-64-72(4,5)6)68(61-58-55-52-49-46-27-24-21-18-15-12-9-3)79-70(74)63-60-57-54-51-48-45-42-29-26-23-20-17-14-11-8-2/h10,13,19,22-23,26,28,30,32-33,35-36,38-39,58,61,67-68H,7-9,11-12,14-18,20-21,24-25,27,29,31,34,37,40-57,59-60,62-66H2,1-6H3,(H-,71,73,75,76)/b13-10-,22-19-,26-23-,30-28-,33-32-,36-35-,39-38-,61-58-. The molecule has 0 radical (unpaired) electrons. The van der Waals surface area contributed by atoms with Gasteiger partial charge in [-0.25, -0.2) is 0 Å². The van der Waals surface area contributed by atoms with Gasteiger partial charge in [0.05, 0.1) is 33.8 Å². The third kappa shape index (κ3) is 59.5. The maximum absolute atomic E-state index is 13.6. The molecular weight excluding hydrogens is 1010 g/mol. The number of likely N-dealkylation sites (N-methyl/N-ethyl adjacent to an activating group) is 1. The molecule has 0 aliphatic heterocycles. The summed E-state index contributed by atoms with van der Waals surface area (Å²) in [6, 6.07) is -0.900. The third-order valence-electron chi connectivity index (χ3n) is 14.2. The van der Waals surface area contributed by atoms with E-state index >= 15 is 0 Å². The zero-order chi connectivity index (χ0) is 58.6. The Hall–Kier alpha value is -3.07. The van der Waals surface area contributed by atoms with E-state index in [-0.39, 0.29) is 24.9 Å². The minimum atomic E-state index is -4.71. The molecule has 1 N–H and O–H groups in total. The molecule has 0 aromatic heterocycles. The van der Waals surface area contributed by atoms with Crippen molar-refractivity contribution in [2.45, 2.75) is 296 Å². The molecule has 80 heavy (non-hydrogen) atoms. The Balaban J connectivity index is 5.13. The second-order valence-electron chi connectivity index (χ2n) is 23.2. The number of hydrogen-bond donors (Lipinski definition) is 1. The topological polar surface area (TPSA) is 114 Å². The van der Waals surface area contributed by atoms with Gasteiger partial charge < -0.3 is 28.5 Å². The Morgan fingerprint density at radius 1 is 0.450 bits per heavy atom. The fourth-order valence-electron chi connectivity index (χ4n) is 9.17. The first kappa shape index (κ1) is 76.9. The molecule has 10 heteroatoms. The highest BCUT2D eigenvalue weighted by atomic mass is 31.2. The SMILES string of the molecule is CC/C=C\C/C=C\C/C=C\C/C=C\C/C=C\C/C=C\CCCCCCCCCCC(=O)NC(COP(=O)([O-])OCC[N+](C)(C)C)C(/C=C\CCCCCCCCCCCC)OC(=O)CCCCCCCCC/C=C\CCCCCC. The van der Waals surface area contributed by atoms with Crippen molar-refractivity contribution in [2.24, 2.45) is 0 Å². The Morgan fingerprint density at radius 3 is 1.23 bits per heavy atom. The molecule has 0 aromatic carbocycles. The average molecular weight is 1140 g/mol. The van der Waals surface area contributed by atoms with Crippen LogP contribution in [0.3, 0.4) is 0 Å². The Bertz CT molecular complexity index is 1690. The molecule has 462 valence electrons. The van der Waals surface area contributed by atoms with Crippen LogP contribution in [0.2, 0.25) is 0 Å². The molecule has 3 unspecified atom stereocenters. The summed E-state index contributed by atoms with van der Waals surface area (Å²) in [4.78, 5) is 40.1. The molecule has 0 heterocycles. The van der Waals surface area contributed by atoms with Gasteiger partial charge >= 0.3 is 5.97 Å². The summed E-state index contributed by atoms with van der Waals surface area (Å²) >= 11 is 0. The van der Waals surface area contributed by atoms with Crippen molar-refractivity contribution in [3.63, 3.8) is 0 Å². The smallest absolute Gasteiger partial charge is 0.306 e. The van der Waals surface area contributed by atoms with Crippen molar-refractivity contribution in [2.75, 3.05) is 40.9 Å². The summed E-state index contributed by atoms with van der Waals surface area (Å²) in [5, 5.41) is 3.03. The van der Waals surface area contributed by atoms with E-state index in [2.05, 4.69) is 111 Å². The molecule has 0 spiro atoms. The zero-order valence-corrected chi connectivity index (χ0v) is 53.7. The van der Waals surface area contributed by atoms with Crippen LogP contribution in [0.4, 0.5) is 0 Å². The quantitative estimate of drug-likeness (QED) is 0.0212. The summed E-state index contributed by atoms with van der Waals surface area (Å²) in [7, 11) is 1.17. The number of phosphoric ester groups is 1. The fraction of sp³-hybridized carbons (Fsp3) is 0.743. The lowest BCUT2D eigenvalue weighted by molar-refractivity contribution is -0.870. The van der Waals surface area contributed by atoms with E-state index in [1.54, 1.807) is 0 Å². The first-order chi connectivity index (χ1) is 38.9. The molecule has 0 saturated carbocycles. The van der Waals surface area contributed by atoms with Crippen LogP contribution in [0.5, 0.6) is 0 Å². The van der Waals surface area contributed by atoms with E-state index in [0.29, 0.717) is 17.4 Å². The number of carbonyl (C=O) groups excluding carboxylic acids is 2. The maximum atomic E-state index is 13.6. The molecule has 0 aliphatic carbocycles. The lowest BCUT2D eigenvalue weighted by atomic mass is 10.0. The van der Waals surface area contributed by atoms with Gasteiger partial charge in [0.25, 0.3) is 7.82 Å². The molecule has 9 nitrogen and oxygen atoms in total. The van der Waals surface area contributed by atoms with Gasteiger partial charge in [0.2, 0.25) is 5.91 Å². The van der Waals surface area contributed by atoms with Gasteiger partial charge in [-0.2, -0.15) is 0 Å². The normalized spacial score (nSPS) is 14.2. The Morgan fingerprint density at radius 2 is 0.800 bits per heavy atom. The van der Waals surface area contributed by atoms with Crippen LogP contribution in [0.1, 0.15) is 284 Å². The number of nitrogens with zero attached hydrogens (tertiary/aromatic N) is 1. The first-order valence-electron chi connectivity index (χ1n) is 33.0. The number of rotatable bonds is 59. The van der Waals surface area contributed by atoms with Gasteiger partial charge in [0, 0.05) is 12.8 Å². The number of quaternary nitrogens is 1. The lowest BCUT2D eigenvalue weighted by Crippen LogP contribution is -2.47. The Kier molecular flexibility index (Phi) is 56.8. The summed E-state index contributed by atoms with van der Waals surface area (Å²) in [6.45, 7) is 6.71. The van der Waals surface area contributed by atoms with Crippen LogP contribution < -0.4 is 10.2 Å². The molecule has 0 aromatic rings. The highest BCUT2D eigenvalue weighted by Crippen LogP contribution is 2.38. The van der Waals surface area contributed by atoms with Crippen LogP contribution in [-0.2, 0) is 27.9 Å². The monoisotopic (exact) mass is 1140 g/mol. The number of hydrogen-bond acceptors (Lipinski definition) is 7. The summed E-state index contributed by atoms with van der Waals surface area (Å²) in [5.74, 6) is -0.556. The number of ether oxygens (including phenoxy) is 1. The van der Waals surface area contributed by atoms with Crippen molar-refractivity contribution in [1.29, 1.82) is 0 Å². The van der Waals surface area contributed by atoms with E-state index in [0.717, 1.165) is 122 Å². The van der Waals surface area contributed by atoms with Crippen LogP contribution in [0, 0.1) is 0 Å². The number of amides is 1. The molecule has 0 aliphatic rings. The number of carbonyl (C=O) groups is 2. The molecule has 0 saturated heterocycles. The summed E-state index contributed by atoms with van der Waals surface area (Å²) < 4.78 is 30.4. The second kappa shape index (κ2) is 59.1. The van der Waals surface area contributed by atoms with E-state index in [4.69, 9.17) is 13.8 Å². The van der Waals surface area contributed by atoms with Crippen molar-refractivity contribution in [1.82, 2.24) is 5.32 Å². The van der Waals surface area contributed by atoms with E-state index in [1.807, 2.05) is 33.3 Å². The molecular formula is C70H125N2O7P. The highest BCUT2D eigenvalue weighted by Gasteiger charge is 2.27. The van der Waals surface area contributed by atoms with Crippen LogP contribution in [0.15, 0.2) is 97.2 Å². The maximum Gasteiger partial charge on any atom is 0.306 e. The van der Waals surface area contributed by atoms with Crippen molar-refractivity contribution >= 4 is 19.7 Å². The van der Waals surface area contributed by atoms with Gasteiger partial charge in [0.15, 0.2) is 0 Å². The molecule has 3 atom stereocenters. The molecule has 1 amide bonds. The van der Waals surface area contributed by atoms with Crippen molar-refractivity contribution in [3.05, 3.63) is 97.2 Å². The molecule has 0 bridgehead atoms. The fourth-order valence-corrected chi connectivity index (χ4v) is 9.89. The Labute approximate surface area is 494 Å². The second-order valence-corrected chi connectivity index (χ2v) is 24.6. The van der Waals surface area contributed by atoms with Crippen LogP contribution in [0.25, 0.3) is 0 Å².